The van der Waals surface area contributed by atoms with Crippen LogP contribution in [0.15, 0.2) is 41.8 Å². The van der Waals surface area contributed by atoms with Crippen molar-refractivity contribution < 1.29 is 9.59 Å². The van der Waals surface area contributed by atoms with E-state index in [0.29, 0.717) is 11.6 Å². The lowest BCUT2D eigenvalue weighted by Gasteiger charge is -2.27. The van der Waals surface area contributed by atoms with Crippen molar-refractivity contribution >= 4 is 40.4 Å². The van der Waals surface area contributed by atoms with Crippen LogP contribution in [0.1, 0.15) is 24.3 Å². The predicted octanol–water partition coefficient (Wildman–Crippen LogP) is 3.97. The van der Waals surface area contributed by atoms with Crippen LogP contribution < -0.4 is 4.90 Å². The van der Waals surface area contributed by atoms with Crippen LogP contribution in [0.3, 0.4) is 0 Å². The van der Waals surface area contributed by atoms with E-state index in [2.05, 4.69) is 0 Å². The number of hydrogen-bond donors (Lipinski definition) is 0. The molecule has 0 N–H and O–H groups in total. The number of anilines is 1. The second-order valence-electron chi connectivity index (χ2n) is 6.03. The number of amides is 2. The molecule has 1 fully saturated rings. The number of hydrogen-bond acceptors (Lipinski definition) is 3. The van der Waals surface area contributed by atoms with Crippen LogP contribution in [-0.4, -0.2) is 30.3 Å². The molecule has 2 atom stereocenters. The van der Waals surface area contributed by atoms with Crippen molar-refractivity contribution in [3.05, 3.63) is 51.7 Å². The molecular weight excluding hydrogens is 344 g/mol. The largest absolute Gasteiger partial charge is 0.338 e. The third-order valence-corrected chi connectivity index (χ3v) is 5.76. The van der Waals surface area contributed by atoms with Gasteiger partial charge in [0.2, 0.25) is 11.8 Å². The second kappa shape index (κ2) is 6.95. The first-order valence-electron chi connectivity index (χ1n) is 7.83. The SMILES string of the molecule is C[C@@H](c1cccs1)N(C)C(=O)[C@@H]1CC(=O)N(c2cccc(Cl)c2)C1. The van der Waals surface area contributed by atoms with E-state index in [1.165, 1.54) is 0 Å². The molecule has 2 amide bonds. The zero-order valence-electron chi connectivity index (χ0n) is 13.6. The Labute approximate surface area is 150 Å². The lowest BCUT2D eigenvalue weighted by atomic mass is 10.1. The summed E-state index contributed by atoms with van der Waals surface area (Å²) in [5.74, 6) is -0.342. The van der Waals surface area contributed by atoms with Gasteiger partial charge in [0, 0.05) is 35.6 Å². The van der Waals surface area contributed by atoms with Crippen molar-refractivity contribution in [2.45, 2.75) is 19.4 Å². The van der Waals surface area contributed by atoms with Gasteiger partial charge in [0.05, 0.1) is 12.0 Å². The maximum absolute atomic E-state index is 12.8. The third kappa shape index (κ3) is 3.32. The molecule has 0 radical (unpaired) electrons. The quantitative estimate of drug-likeness (QED) is 0.825. The fourth-order valence-electron chi connectivity index (χ4n) is 2.97. The summed E-state index contributed by atoms with van der Waals surface area (Å²) < 4.78 is 0. The van der Waals surface area contributed by atoms with Crippen molar-refractivity contribution in [3.8, 4) is 0 Å². The lowest BCUT2D eigenvalue weighted by molar-refractivity contribution is -0.136. The molecule has 0 aliphatic carbocycles. The average molecular weight is 363 g/mol. The van der Waals surface area contributed by atoms with E-state index >= 15 is 0 Å². The fourth-order valence-corrected chi connectivity index (χ4v) is 3.98. The molecule has 1 aliphatic heterocycles. The molecule has 1 aromatic carbocycles. The van der Waals surface area contributed by atoms with E-state index in [9.17, 15) is 9.59 Å². The monoisotopic (exact) mass is 362 g/mol. The molecule has 24 heavy (non-hydrogen) atoms. The first-order valence-corrected chi connectivity index (χ1v) is 9.09. The van der Waals surface area contributed by atoms with Gasteiger partial charge in [-0.2, -0.15) is 0 Å². The summed E-state index contributed by atoms with van der Waals surface area (Å²) in [5, 5.41) is 2.59. The standard InChI is InChI=1S/C18H19ClN2O2S/c1-12(16-7-4-8-24-16)20(2)18(23)13-9-17(22)21(11-13)15-6-3-5-14(19)10-15/h3-8,10,12-13H,9,11H2,1-2H3/t12-,13+/m0/s1. The van der Waals surface area contributed by atoms with Gasteiger partial charge in [-0.25, -0.2) is 0 Å². The van der Waals surface area contributed by atoms with Crippen LogP contribution in [-0.2, 0) is 9.59 Å². The third-order valence-electron chi connectivity index (χ3n) is 4.48. The van der Waals surface area contributed by atoms with Crippen LogP contribution in [0.2, 0.25) is 5.02 Å². The highest BCUT2D eigenvalue weighted by Gasteiger charge is 2.37. The number of halogens is 1. The van der Waals surface area contributed by atoms with Gasteiger partial charge in [0.25, 0.3) is 0 Å². The predicted molar refractivity (Wildman–Crippen MR) is 97.4 cm³/mol. The van der Waals surface area contributed by atoms with Crippen LogP contribution >= 0.6 is 22.9 Å². The zero-order chi connectivity index (χ0) is 17.3. The summed E-state index contributed by atoms with van der Waals surface area (Å²) in [7, 11) is 1.80. The highest BCUT2D eigenvalue weighted by atomic mass is 35.5. The van der Waals surface area contributed by atoms with Crippen LogP contribution in [0.4, 0.5) is 5.69 Å². The zero-order valence-corrected chi connectivity index (χ0v) is 15.2. The molecule has 6 heteroatoms. The summed E-state index contributed by atoms with van der Waals surface area (Å²) in [6, 6.07) is 11.2. The highest BCUT2D eigenvalue weighted by Crippen LogP contribution is 2.30. The van der Waals surface area contributed by atoms with Gasteiger partial charge in [0.1, 0.15) is 0 Å². The Bertz CT molecular complexity index is 747. The smallest absolute Gasteiger partial charge is 0.228 e. The number of benzene rings is 1. The minimum absolute atomic E-state index is 0.00724. The fraction of sp³-hybridized carbons (Fsp3) is 0.333. The first kappa shape index (κ1) is 17.0. The van der Waals surface area contributed by atoms with Gasteiger partial charge >= 0.3 is 0 Å². The van der Waals surface area contributed by atoms with Gasteiger partial charge in [-0.1, -0.05) is 23.7 Å². The van der Waals surface area contributed by atoms with Crippen molar-refractivity contribution in [3.63, 3.8) is 0 Å². The molecule has 0 unspecified atom stereocenters. The maximum atomic E-state index is 12.8. The van der Waals surface area contributed by atoms with Gasteiger partial charge in [-0.3, -0.25) is 9.59 Å². The molecule has 3 rings (SSSR count). The number of carbonyl (C=O) groups excluding carboxylic acids is 2. The number of nitrogens with zero attached hydrogens (tertiary/aromatic N) is 2. The minimum Gasteiger partial charge on any atom is -0.338 e. The van der Waals surface area contributed by atoms with E-state index in [4.69, 9.17) is 11.6 Å². The van der Waals surface area contributed by atoms with Crippen LogP contribution in [0, 0.1) is 5.92 Å². The molecule has 2 heterocycles. The van der Waals surface area contributed by atoms with Gasteiger partial charge in [0.15, 0.2) is 0 Å². The van der Waals surface area contributed by atoms with Gasteiger partial charge in [-0.15, -0.1) is 11.3 Å². The average Bonchev–Trinajstić information content (AvgIpc) is 3.22. The highest BCUT2D eigenvalue weighted by molar-refractivity contribution is 7.10. The summed E-state index contributed by atoms with van der Waals surface area (Å²) in [5.41, 5.74) is 0.747. The Morgan fingerprint density at radius 2 is 2.17 bits per heavy atom. The molecule has 126 valence electrons. The Morgan fingerprint density at radius 1 is 1.38 bits per heavy atom. The Kier molecular flexibility index (Phi) is 4.92. The number of rotatable bonds is 4. The van der Waals surface area contributed by atoms with Crippen LogP contribution in [0.25, 0.3) is 0 Å². The van der Waals surface area contributed by atoms with Crippen molar-refractivity contribution in [1.82, 2.24) is 4.90 Å². The van der Waals surface area contributed by atoms with Crippen molar-refractivity contribution in [2.75, 3.05) is 18.5 Å². The summed E-state index contributed by atoms with van der Waals surface area (Å²) >= 11 is 7.64. The van der Waals surface area contributed by atoms with E-state index < -0.39 is 0 Å². The molecule has 1 aromatic heterocycles. The summed E-state index contributed by atoms with van der Waals surface area (Å²) in [4.78, 5) is 29.7. The Hall–Kier alpha value is -1.85. The Balaban J connectivity index is 1.72. The van der Waals surface area contributed by atoms with E-state index in [1.54, 1.807) is 40.3 Å². The van der Waals surface area contributed by atoms with Crippen molar-refractivity contribution in [2.24, 2.45) is 5.92 Å². The van der Waals surface area contributed by atoms with Gasteiger partial charge in [-0.05, 0) is 36.6 Å². The minimum atomic E-state index is -0.316. The lowest BCUT2D eigenvalue weighted by Crippen LogP contribution is -2.36. The van der Waals surface area contributed by atoms with E-state index in [0.717, 1.165) is 10.6 Å². The van der Waals surface area contributed by atoms with Crippen LogP contribution in [0.5, 0.6) is 0 Å². The molecule has 0 spiro atoms. The topological polar surface area (TPSA) is 40.6 Å². The molecule has 4 nitrogen and oxygen atoms in total. The van der Waals surface area contributed by atoms with E-state index in [-0.39, 0.29) is 30.2 Å². The Morgan fingerprint density at radius 3 is 2.83 bits per heavy atom. The molecule has 0 bridgehead atoms. The second-order valence-corrected chi connectivity index (χ2v) is 7.44. The number of thiophene rings is 1. The van der Waals surface area contributed by atoms with Crippen molar-refractivity contribution in [1.29, 1.82) is 0 Å². The molecule has 2 aromatic rings. The van der Waals surface area contributed by atoms with Gasteiger partial charge < -0.3 is 9.80 Å². The van der Waals surface area contributed by atoms with E-state index in [1.807, 2.05) is 36.6 Å². The molecule has 1 saturated heterocycles. The normalized spacial score (nSPS) is 18.7. The molecular formula is C18H19ClN2O2S. The molecule has 0 saturated carbocycles. The summed E-state index contributed by atoms with van der Waals surface area (Å²) in [6.45, 7) is 2.41. The maximum Gasteiger partial charge on any atom is 0.228 e. The summed E-state index contributed by atoms with van der Waals surface area (Å²) in [6.07, 6.45) is 0.243. The number of carbonyl (C=O) groups is 2. The first-order chi connectivity index (χ1) is 11.5. The molecule has 1 aliphatic rings.